The molecule has 0 spiro atoms. The first-order chi connectivity index (χ1) is 9.47. The maximum absolute atomic E-state index is 12.4. The third-order valence-corrected chi connectivity index (χ3v) is 4.93. The highest BCUT2D eigenvalue weighted by atomic mass is 35.5. The van der Waals surface area contributed by atoms with Crippen molar-refractivity contribution in [3.05, 3.63) is 33.3 Å². The normalized spacial score (nSPS) is 21.4. The van der Waals surface area contributed by atoms with Gasteiger partial charge in [-0.05, 0) is 30.0 Å². The Labute approximate surface area is 133 Å². The molecule has 0 saturated heterocycles. The first kappa shape index (κ1) is 15.9. The molecule has 2 atom stereocenters. The van der Waals surface area contributed by atoms with Gasteiger partial charge in [0.1, 0.15) is 0 Å². The maximum atomic E-state index is 12.4. The van der Waals surface area contributed by atoms with E-state index in [1.165, 1.54) is 4.90 Å². The number of likely N-dealkylation sites (N-methyl/N-ethyl adjacent to an activating group) is 1. The molecular formula is C14H16Cl3NO2. The lowest BCUT2D eigenvalue weighted by Gasteiger charge is -2.31. The van der Waals surface area contributed by atoms with Gasteiger partial charge in [0.05, 0.1) is 27.9 Å². The highest BCUT2D eigenvalue weighted by Crippen LogP contribution is 2.46. The van der Waals surface area contributed by atoms with E-state index >= 15 is 0 Å². The molecule has 110 valence electrons. The molecular weight excluding hydrogens is 321 g/mol. The molecule has 0 saturated carbocycles. The van der Waals surface area contributed by atoms with Crippen molar-refractivity contribution in [2.24, 2.45) is 0 Å². The van der Waals surface area contributed by atoms with Crippen molar-refractivity contribution >= 4 is 40.7 Å². The SMILES string of the molecule is CN(CCO)C(=O)C1CCC(Cl)c2c1ccc(Cl)c2Cl. The first-order valence-corrected chi connectivity index (χ1v) is 7.64. The van der Waals surface area contributed by atoms with Gasteiger partial charge < -0.3 is 10.0 Å². The van der Waals surface area contributed by atoms with Gasteiger partial charge in [-0.25, -0.2) is 0 Å². The van der Waals surface area contributed by atoms with E-state index in [0.29, 0.717) is 29.4 Å². The van der Waals surface area contributed by atoms with Crippen LogP contribution in [0.4, 0.5) is 0 Å². The van der Waals surface area contributed by atoms with Gasteiger partial charge in [0, 0.05) is 13.6 Å². The van der Waals surface area contributed by atoms with E-state index in [0.717, 1.165) is 11.1 Å². The zero-order chi connectivity index (χ0) is 14.9. The number of hydrogen-bond acceptors (Lipinski definition) is 2. The van der Waals surface area contributed by atoms with Crippen LogP contribution in [0.25, 0.3) is 0 Å². The fourth-order valence-corrected chi connectivity index (χ4v) is 3.48. The zero-order valence-electron chi connectivity index (χ0n) is 11.1. The molecule has 1 aliphatic carbocycles. The Bertz CT molecular complexity index is 521. The number of aliphatic hydroxyl groups is 1. The molecule has 0 bridgehead atoms. The van der Waals surface area contributed by atoms with Crippen molar-refractivity contribution in [3.8, 4) is 0 Å². The van der Waals surface area contributed by atoms with Gasteiger partial charge in [0.2, 0.25) is 5.91 Å². The topological polar surface area (TPSA) is 40.5 Å². The number of carbonyl (C=O) groups excluding carboxylic acids is 1. The van der Waals surface area contributed by atoms with Gasteiger partial charge in [0.25, 0.3) is 0 Å². The monoisotopic (exact) mass is 335 g/mol. The van der Waals surface area contributed by atoms with E-state index in [1.807, 2.05) is 6.07 Å². The van der Waals surface area contributed by atoms with E-state index in [9.17, 15) is 4.79 Å². The molecule has 1 amide bonds. The van der Waals surface area contributed by atoms with E-state index in [1.54, 1.807) is 13.1 Å². The van der Waals surface area contributed by atoms with E-state index in [-0.39, 0.29) is 23.8 Å². The Kier molecular flexibility index (Phi) is 5.19. The molecule has 6 heteroatoms. The van der Waals surface area contributed by atoms with Crippen LogP contribution in [0.15, 0.2) is 12.1 Å². The van der Waals surface area contributed by atoms with Gasteiger partial charge >= 0.3 is 0 Å². The van der Waals surface area contributed by atoms with Crippen LogP contribution in [0.2, 0.25) is 10.0 Å². The molecule has 0 fully saturated rings. The second kappa shape index (κ2) is 6.52. The molecule has 0 aromatic heterocycles. The highest BCUT2D eigenvalue weighted by Gasteiger charge is 2.34. The molecule has 1 N–H and O–H groups in total. The van der Waals surface area contributed by atoms with Crippen LogP contribution in [0.3, 0.4) is 0 Å². The summed E-state index contributed by atoms with van der Waals surface area (Å²) in [5.74, 6) is -0.298. The van der Waals surface area contributed by atoms with E-state index in [2.05, 4.69) is 0 Å². The summed E-state index contributed by atoms with van der Waals surface area (Å²) in [7, 11) is 1.68. The number of aliphatic hydroxyl groups excluding tert-OH is 1. The summed E-state index contributed by atoms with van der Waals surface area (Å²) in [6.07, 6.45) is 1.35. The molecule has 0 radical (unpaired) electrons. The Morgan fingerprint density at radius 1 is 1.40 bits per heavy atom. The van der Waals surface area contributed by atoms with Crippen molar-refractivity contribution in [3.63, 3.8) is 0 Å². The Morgan fingerprint density at radius 3 is 2.75 bits per heavy atom. The minimum Gasteiger partial charge on any atom is -0.395 e. The number of benzene rings is 1. The standard InChI is InChI=1S/C14H16Cl3NO2/c1-18(6-7-19)14(20)9-3-4-10(15)12-8(9)2-5-11(16)13(12)17/h2,5,9-10,19H,3-4,6-7H2,1H3. The van der Waals surface area contributed by atoms with Crippen LogP contribution in [-0.4, -0.2) is 36.1 Å². The first-order valence-electron chi connectivity index (χ1n) is 6.45. The highest BCUT2D eigenvalue weighted by molar-refractivity contribution is 6.43. The smallest absolute Gasteiger partial charge is 0.229 e. The second-order valence-corrected chi connectivity index (χ2v) is 6.26. The fraction of sp³-hybridized carbons (Fsp3) is 0.500. The van der Waals surface area contributed by atoms with E-state index < -0.39 is 0 Å². The lowest BCUT2D eigenvalue weighted by Crippen LogP contribution is -2.35. The van der Waals surface area contributed by atoms with Crippen LogP contribution >= 0.6 is 34.8 Å². The molecule has 1 aliphatic rings. The summed E-state index contributed by atoms with van der Waals surface area (Å²) < 4.78 is 0. The lowest BCUT2D eigenvalue weighted by atomic mass is 9.81. The number of fused-ring (bicyclic) bond motifs is 1. The van der Waals surface area contributed by atoms with Gasteiger partial charge in [-0.2, -0.15) is 0 Å². The van der Waals surface area contributed by atoms with Crippen molar-refractivity contribution < 1.29 is 9.90 Å². The molecule has 3 nitrogen and oxygen atoms in total. The minimum atomic E-state index is -0.272. The molecule has 0 heterocycles. The van der Waals surface area contributed by atoms with E-state index in [4.69, 9.17) is 39.9 Å². The minimum absolute atomic E-state index is 0.0257. The third kappa shape index (κ3) is 2.91. The zero-order valence-corrected chi connectivity index (χ0v) is 13.3. The lowest BCUT2D eigenvalue weighted by molar-refractivity contribution is -0.132. The number of hydrogen-bond donors (Lipinski definition) is 1. The molecule has 2 rings (SSSR count). The number of alkyl halides is 1. The number of nitrogens with zero attached hydrogens (tertiary/aromatic N) is 1. The summed E-state index contributed by atoms with van der Waals surface area (Å²) in [5.41, 5.74) is 1.61. The summed E-state index contributed by atoms with van der Waals surface area (Å²) >= 11 is 18.6. The Morgan fingerprint density at radius 2 is 2.10 bits per heavy atom. The van der Waals surface area contributed by atoms with Gasteiger partial charge in [-0.3, -0.25) is 4.79 Å². The largest absolute Gasteiger partial charge is 0.395 e. The summed E-state index contributed by atoms with van der Waals surface area (Å²) in [5, 5.41) is 9.62. The number of rotatable bonds is 3. The average Bonchev–Trinajstić information content (AvgIpc) is 2.42. The molecule has 20 heavy (non-hydrogen) atoms. The molecule has 1 aromatic carbocycles. The van der Waals surface area contributed by atoms with Crippen molar-refractivity contribution in [1.29, 1.82) is 0 Å². The van der Waals surface area contributed by atoms with Crippen LogP contribution in [0.5, 0.6) is 0 Å². The quantitative estimate of drug-likeness (QED) is 0.857. The number of halogens is 3. The third-order valence-electron chi connectivity index (χ3n) is 3.67. The maximum Gasteiger partial charge on any atom is 0.229 e. The second-order valence-electron chi connectivity index (χ2n) is 4.95. The van der Waals surface area contributed by atoms with Crippen molar-refractivity contribution in [1.82, 2.24) is 4.90 Å². The van der Waals surface area contributed by atoms with Gasteiger partial charge in [0.15, 0.2) is 0 Å². The van der Waals surface area contributed by atoms with Crippen molar-refractivity contribution in [2.45, 2.75) is 24.1 Å². The fourth-order valence-electron chi connectivity index (χ4n) is 2.60. The van der Waals surface area contributed by atoms with Crippen molar-refractivity contribution in [2.75, 3.05) is 20.2 Å². The van der Waals surface area contributed by atoms with Crippen LogP contribution < -0.4 is 0 Å². The summed E-state index contributed by atoms with van der Waals surface area (Å²) in [6.45, 7) is 0.262. The molecule has 1 aromatic rings. The Hall–Kier alpha value is -0.480. The summed E-state index contributed by atoms with van der Waals surface area (Å²) in [6, 6.07) is 3.53. The van der Waals surface area contributed by atoms with Crippen LogP contribution in [0.1, 0.15) is 35.3 Å². The molecule has 0 aliphatic heterocycles. The number of amides is 1. The Balaban J connectivity index is 2.39. The average molecular weight is 337 g/mol. The molecule has 2 unspecified atom stereocenters. The van der Waals surface area contributed by atoms with Gasteiger partial charge in [-0.15, -0.1) is 11.6 Å². The number of carbonyl (C=O) groups is 1. The predicted octanol–water partition coefficient (Wildman–Crippen LogP) is 3.60. The van der Waals surface area contributed by atoms with Crippen LogP contribution in [0, 0.1) is 0 Å². The van der Waals surface area contributed by atoms with Gasteiger partial charge in [-0.1, -0.05) is 29.3 Å². The predicted molar refractivity (Wildman–Crippen MR) is 81.8 cm³/mol. The summed E-state index contributed by atoms with van der Waals surface area (Å²) in [4.78, 5) is 14.0. The van der Waals surface area contributed by atoms with Crippen LogP contribution in [-0.2, 0) is 4.79 Å².